The number of nitrogens with one attached hydrogen (secondary N) is 1. The second-order valence-corrected chi connectivity index (χ2v) is 11.2. The highest BCUT2D eigenvalue weighted by molar-refractivity contribution is 8.00. The number of carbonyl (C=O) groups is 2. The molecule has 1 aliphatic heterocycles. The first-order valence-electron chi connectivity index (χ1n) is 13.7. The van der Waals surface area contributed by atoms with Crippen LogP contribution in [0.5, 0.6) is 0 Å². The molecule has 1 N–H and O–H groups in total. The van der Waals surface area contributed by atoms with Crippen LogP contribution in [-0.2, 0) is 27.0 Å². The number of halogens is 4. The third-order valence-corrected chi connectivity index (χ3v) is 8.04. The van der Waals surface area contributed by atoms with Crippen molar-refractivity contribution < 1.29 is 27.5 Å². The molecular formula is C28H36ClF3N4O3S. The van der Waals surface area contributed by atoms with Crippen LogP contribution in [0.25, 0.3) is 0 Å². The van der Waals surface area contributed by atoms with Crippen molar-refractivity contribution in [3.05, 3.63) is 46.6 Å². The Bertz CT molecular complexity index is 1130. The summed E-state index contributed by atoms with van der Waals surface area (Å²) in [4.78, 5) is 36.3. The minimum atomic E-state index is -4.48. The van der Waals surface area contributed by atoms with Gasteiger partial charge in [0.1, 0.15) is 16.2 Å². The number of alkyl halides is 3. The van der Waals surface area contributed by atoms with Crippen LogP contribution in [0.1, 0.15) is 69.9 Å². The van der Waals surface area contributed by atoms with E-state index in [4.69, 9.17) is 16.3 Å². The Morgan fingerprint density at radius 3 is 2.55 bits per heavy atom. The Kier molecular flexibility index (Phi) is 12.4. The summed E-state index contributed by atoms with van der Waals surface area (Å²) >= 11 is 7.56. The first kappa shape index (κ1) is 32.0. The predicted molar refractivity (Wildman–Crippen MR) is 150 cm³/mol. The number of piperidine rings is 1. The first-order valence-corrected chi connectivity index (χ1v) is 14.9. The maximum atomic E-state index is 13.3. The van der Waals surface area contributed by atoms with Crippen LogP contribution in [-0.4, -0.2) is 46.8 Å². The maximum absolute atomic E-state index is 13.3. The molecule has 40 heavy (non-hydrogen) atoms. The van der Waals surface area contributed by atoms with E-state index < -0.39 is 17.0 Å². The molecule has 12 heteroatoms. The molecule has 1 aromatic heterocycles. The van der Waals surface area contributed by atoms with Gasteiger partial charge in [0, 0.05) is 31.6 Å². The number of esters is 1. The molecule has 2 heterocycles. The van der Waals surface area contributed by atoms with Crippen molar-refractivity contribution >= 4 is 41.1 Å². The number of aromatic nitrogens is 2. The largest absolute Gasteiger partial charge is 0.465 e. The number of nitrogens with zero attached hydrogens (tertiary/aromatic N) is 3. The van der Waals surface area contributed by atoms with Gasteiger partial charge in [0.15, 0.2) is 5.16 Å². The van der Waals surface area contributed by atoms with Gasteiger partial charge in [-0.2, -0.15) is 13.2 Å². The van der Waals surface area contributed by atoms with E-state index in [1.165, 1.54) is 30.0 Å². The molecule has 3 rings (SSSR count). The molecule has 1 atom stereocenters. The van der Waals surface area contributed by atoms with E-state index in [-0.39, 0.29) is 35.1 Å². The maximum Gasteiger partial charge on any atom is 0.416 e. The quantitative estimate of drug-likeness (QED) is 0.0903. The summed E-state index contributed by atoms with van der Waals surface area (Å²) in [6, 6.07) is 6.90. The SMILES string of the molecule is CCCCCCC(Sc1nc(Cl)cc(N2CCC(C(=O)NCc3ccccc3C(F)(F)F)CC2)n1)C(=O)OCC. The zero-order valence-electron chi connectivity index (χ0n) is 22.8. The number of unbranched alkanes of at least 4 members (excludes halogenated alkanes) is 3. The summed E-state index contributed by atoms with van der Waals surface area (Å²) in [6.07, 6.45) is 1.34. The van der Waals surface area contributed by atoms with E-state index in [1.54, 1.807) is 13.0 Å². The van der Waals surface area contributed by atoms with Gasteiger partial charge in [-0.3, -0.25) is 9.59 Å². The molecule has 2 aromatic rings. The normalized spacial score (nSPS) is 15.1. The second kappa shape index (κ2) is 15.5. The summed E-state index contributed by atoms with van der Waals surface area (Å²) in [5, 5.41) is 2.88. The van der Waals surface area contributed by atoms with Gasteiger partial charge in [-0.05, 0) is 37.8 Å². The van der Waals surface area contributed by atoms with Gasteiger partial charge in [-0.25, -0.2) is 9.97 Å². The van der Waals surface area contributed by atoms with E-state index in [1.807, 2.05) is 4.90 Å². The van der Waals surface area contributed by atoms with Crippen LogP contribution in [0.15, 0.2) is 35.5 Å². The standard InChI is InChI=1S/C28H36ClF3N4O3S/c1-3-5-6-7-12-22(26(38)39-4-2)40-27-34-23(29)17-24(35-27)36-15-13-19(14-16-36)25(37)33-18-20-10-8-9-11-21(20)28(30,31)32/h8-11,17,19,22H,3-7,12-16,18H2,1-2H3,(H,33,37). The Morgan fingerprint density at radius 1 is 1.15 bits per heavy atom. The highest BCUT2D eigenvalue weighted by Crippen LogP contribution is 2.32. The molecule has 1 aromatic carbocycles. The third-order valence-electron chi connectivity index (χ3n) is 6.74. The van der Waals surface area contributed by atoms with Crippen LogP contribution < -0.4 is 10.2 Å². The lowest BCUT2D eigenvalue weighted by atomic mass is 9.95. The lowest BCUT2D eigenvalue weighted by Crippen LogP contribution is -2.41. The van der Waals surface area contributed by atoms with Gasteiger partial charge in [0.05, 0.1) is 12.2 Å². The van der Waals surface area contributed by atoms with E-state index in [0.29, 0.717) is 49.9 Å². The number of benzene rings is 1. The summed E-state index contributed by atoms with van der Waals surface area (Å²) < 4.78 is 45.0. The van der Waals surface area contributed by atoms with Crippen LogP contribution in [0, 0.1) is 5.92 Å². The van der Waals surface area contributed by atoms with Gasteiger partial charge in [0.2, 0.25) is 5.91 Å². The zero-order valence-corrected chi connectivity index (χ0v) is 24.4. The molecule has 1 unspecified atom stereocenters. The van der Waals surface area contributed by atoms with Crippen molar-refractivity contribution in [3.8, 4) is 0 Å². The molecule has 1 amide bonds. The number of carbonyl (C=O) groups excluding carboxylic acids is 2. The fourth-order valence-electron chi connectivity index (χ4n) is 4.59. The van der Waals surface area contributed by atoms with Gasteiger partial charge in [-0.15, -0.1) is 0 Å². The molecule has 1 fully saturated rings. The highest BCUT2D eigenvalue weighted by Gasteiger charge is 2.33. The molecule has 220 valence electrons. The summed E-state index contributed by atoms with van der Waals surface area (Å²) in [5.41, 5.74) is -0.710. The molecule has 0 radical (unpaired) electrons. The number of anilines is 1. The summed E-state index contributed by atoms with van der Waals surface area (Å²) in [6.45, 7) is 5.06. The number of hydrogen-bond donors (Lipinski definition) is 1. The van der Waals surface area contributed by atoms with Gasteiger partial charge in [-0.1, -0.05) is 74.2 Å². The lowest BCUT2D eigenvalue weighted by molar-refractivity contribution is -0.142. The smallest absolute Gasteiger partial charge is 0.416 e. The Morgan fingerprint density at radius 2 is 1.88 bits per heavy atom. The number of ether oxygens (including phenoxy) is 1. The van der Waals surface area contributed by atoms with Crippen molar-refractivity contribution in [2.24, 2.45) is 5.92 Å². The van der Waals surface area contributed by atoms with Crippen molar-refractivity contribution in [2.45, 2.75) is 81.9 Å². The number of thioether (sulfide) groups is 1. The second-order valence-electron chi connectivity index (χ2n) is 9.67. The fraction of sp³-hybridized carbons (Fsp3) is 0.571. The van der Waals surface area contributed by atoms with Crippen molar-refractivity contribution in [1.82, 2.24) is 15.3 Å². The average Bonchev–Trinajstić information content (AvgIpc) is 2.93. The number of rotatable bonds is 13. The lowest BCUT2D eigenvalue weighted by Gasteiger charge is -2.32. The molecule has 0 bridgehead atoms. The molecule has 0 saturated carbocycles. The minimum Gasteiger partial charge on any atom is -0.465 e. The highest BCUT2D eigenvalue weighted by atomic mass is 35.5. The molecular weight excluding hydrogens is 565 g/mol. The Labute approximate surface area is 242 Å². The van der Waals surface area contributed by atoms with Crippen molar-refractivity contribution in [2.75, 3.05) is 24.6 Å². The number of hydrogen-bond acceptors (Lipinski definition) is 7. The monoisotopic (exact) mass is 600 g/mol. The van der Waals surface area contributed by atoms with Gasteiger partial charge in [0.25, 0.3) is 0 Å². The topological polar surface area (TPSA) is 84.4 Å². The van der Waals surface area contributed by atoms with E-state index in [0.717, 1.165) is 31.7 Å². The minimum absolute atomic E-state index is 0.0351. The Hall–Kier alpha value is -2.53. The van der Waals surface area contributed by atoms with E-state index >= 15 is 0 Å². The summed E-state index contributed by atoms with van der Waals surface area (Å²) in [5.74, 6) is -0.279. The van der Waals surface area contributed by atoms with Crippen LogP contribution in [0.4, 0.5) is 19.0 Å². The number of amides is 1. The predicted octanol–water partition coefficient (Wildman–Crippen LogP) is 6.68. The van der Waals surface area contributed by atoms with Crippen molar-refractivity contribution in [3.63, 3.8) is 0 Å². The fourth-order valence-corrected chi connectivity index (χ4v) is 5.82. The van der Waals surface area contributed by atoms with Crippen LogP contribution in [0.2, 0.25) is 5.15 Å². The first-order chi connectivity index (χ1) is 19.1. The van der Waals surface area contributed by atoms with Crippen LogP contribution >= 0.6 is 23.4 Å². The zero-order chi connectivity index (χ0) is 29.1. The molecule has 0 aliphatic carbocycles. The Balaban J connectivity index is 1.59. The van der Waals surface area contributed by atoms with Gasteiger partial charge >= 0.3 is 12.1 Å². The van der Waals surface area contributed by atoms with E-state index in [9.17, 15) is 22.8 Å². The van der Waals surface area contributed by atoms with E-state index in [2.05, 4.69) is 22.2 Å². The molecule has 1 saturated heterocycles. The van der Waals surface area contributed by atoms with Gasteiger partial charge < -0.3 is 15.0 Å². The molecule has 1 aliphatic rings. The van der Waals surface area contributed by atoms with Crippen LogP contribution in [0.3, 0.4) is 0 Å². The van der Waals surface area contributed by atoms with Crippen molar-refractivity contribution in [1.29, 1.82) is 0 Å². The summed E-state index contributed by atoms with van der Waals surface area (Å²) in [7, 11) is 0. The third kappa shape index (κ3) is 9.54. The average molecular weight is 601 g/mol. The molecule has 0 spiro atoms. The molecule has 7 nitrogen and oxygen atoms in total.